The number of aromatic nitrogens is 1. The summed E-state index contributed by atoms with van der Waals surface area (Å²) in [5.74, 6) is 0.687. The maximum absolute atomic E-state index is 12.0. The molecule has 27 heavy (non-hydrogen) atoms. The van der Waals surface area contributed by atoms with Crippen LogP contribution in [0.5, 0.6) is 0 Å². The molecular weight excluding hydrogens is 479 g/mol. The van der Waals surface area contributed by atoms with Gasteiger partial charge < -0.3 is 25.6 Å². The highest BCUT2D eigenvalue weighted by Gasteiger charge is 2.10. The largest absolute Gasteiger partial charge is 0.385 e. The van der Waals surface area contributed by atoms with E-state index in [9.17, 15) is 4.79 Å². The molecule has 8 nitrogen and oxygen atoms in total. The zero-order valence-electron chi connectivity index (χ0n) is 16.7. The highest BCUT2D eigenvalue weighted by atomic mass is 127. The van der Waals surface area contributed by atoms with E-state index in [0.717, 1.165) is 44.3 Å². The van der Waals surface area contributed by atoms with Crippen LogP contribution in [0, 0.1) is 6.92 Å². The Labute approximate surface area is 183 Å². The molecule has 0 aliphatic rings. The molecule has 0 fully saturated rings. The van der Waals surface area contributed by atoms with Crippen molar-refractivity contribution in [1.29, 1.82) is 0 Å². The molecule has 1 amide bonds. The standard InChI is InChI=1S/C17H32N6O2S.HI/c1-5-18-17(21-9-11-23(3)10-6-12-25-4)20-8-7-19-16(24)15-14(2)22-13-26-15;/h13H,5-12H2,1-4H3,(H,19,24)(H2,18,20,21);1H. The first-order valence-corrected chi connectivity index (χ1v) is 9.84. The quantitative estimate of drug-likeness (QED) is 0.170. The second-order valence-corrected chi connectivity index (χ2v) is 6.71. The van der Waals surface area contributed by atoms with Crippen molar-refractivity contribution < 1.29 is 9.53 Å². The maximum Gasteiger partial charge on any atom is 0.263 e. The normalized spacial score (nSPS) is 11.2. The van der Waals surface area contributed by atoms with Crippen LogP contribution in [-0.4, -0.2) is 81.8 Å². The minimum Gasteiger partial charge on any atom is -0.385 e. The van der Waals surface area contributed by atoms with E-state index in [1.807, 2.05) is 13.8 Å². The molecule has 1 heterocycles. The fourth-order valence-corrected chi connectivity index (χ4v) is 2.94. The molecule has 0 radical (unpaired) electrons. The number of aliphatic imine (C=N–C) groups is 1. The molecule has 10 heteroatoms. The van der Waals surface area contributed by atoms with Gasteiger partial charge in [-0.1, -0.05) is 0 Å². The number of nitrogens with one attached hydrogen (secondary N) is 3. The zero-order chi connectivity index (χ0) is 19.2. The lowest BCUT2D eigenvalue weighted by atomic mass is 10.4. The van der Waals surface area contributed by atoms with E-state index in [2.05, 4.69) is 37.9 Å². The lowest BCUT2D eigenvalue weighted by Gasteiger charge is -2.16. The van der Waals surface area contributed by atoms with Crippen LogP contribution in [0.3, 0.4) is 0 Å². The summed E-state index contributed by atoms with van der Waals surface area (Å²) in [4.78, 5) is 23.6. The van der Waals surface area contributed by atoms with Crippen molar-refractivity contribution in [2.24, 2.45) is 4.99 Å². The van der Waals surface area contributed by atoms with E-state index < -0.39 is 0 Å². The van der Waals surface area contributed by atoms with Gasteiger partial charge in [0.05, 0.1) is 17.7 Å². The second-order valence-electron chi connectivity index (χ2n) is 5.86. The molecule has 0 saturated carbocycles. The fraction of sp³-hybridized carbons (Fsp3) is 0.706. The summed E-state index contributed by atoms with van der Waals surface area (Å²) >= 11 is 1.36. The zero-order valence-corrected chi connectivity index (χ0v) is 19.9. The molecular formula is C17H33IN6O2S. The molecule has 3 N–H and O–H groups in total. The number of carbonyl (C=O) groups is 1. The first-order valence-electron chi connectivity index (χ1n) is 8.96. The Kier molecular flexibility index (Phi) is 15.4. The van der Waals surface area contributed by atoms with Crippen molar-refractivity contribution in [2.45, 2.75) is 20.3 Å². The van der Waals surface area contributed by atoms with Gasteiger partial charge in [0, 0.05) is 46.4 Å². The van der Waals surface area contributed by atoms with E-state index in [1.54, 1.807) is 12.6 Å². The lowest BCUT2D eigenvalue weighted by molar-refractivity contribution is 0.0957. The number of carbonyl (C=O) groups excluding carboxylic acids is 1. The monoisotopic (exact) mass is 512 g/mol. The number of likely N-dealkylation sites (N-methyl/N-ethyl adjacent to an activating group) is 1. The molecule has 0 spiro atoms. The van der Waals surface area contributed by atoms with Crippen LogP contribution in [0.4, 0.5) is 0 Å². The van der Waals surface area contributed by atoms with Crippen molar-refractivity contribution in [1.82, 2.24) is 25.8 Å². The van der Waals surface area contributed by atoms with E-state index >= 15 is 0 Å². The molecule has 0 unspecified atom stereocenters. The molecule has 0 saturated heterocycles. The van der Waals surface area contributed by atoms with Crippen molar-refractivity contribution in [3.63, 3.8) is 0 Å². The van der Waals surface area contributed by atoms with Gasteiger partial charge in [0.15, 0.2) is 5.96 Å². The van der Waals surface area contributed by atoms with Crippen LogP contribution >= 0.6 is 35.3 Å². The molecule has 1 rings (SSSR count). The summed E-state index contributed by atoms with van der Waals surface area (Å²) in [6, 6.07) is 0. The smallest absolute Gasteiger partial charge is 0.263 e. The van der Waals surface area contributed by atoms with Gasteiger partial charge in [-0.25, -0.2) is 4.98 Å². The molecule has 1 aromatic rings. The number of hydrogen-bond donors (Lipinski definition) is 3. The van der Waals surface area contributed by atoms with E-state index in [1.165, 1.54) is 11.3 Å². The average Bonchev–Trinajstić information content (AvgIpc) is 3.04. The first-order chi connectivity index (χ1) is 12.6. The van der Waals surface area contributed by atoms with Gasteiger partial charge in [0.1, 0.15) is 4.88 Å². The number of guanidine groups is 1. The molecule has 1 aromatic heterocycles. The summed E-state index contributed by atoms with van der Waals surface area (Å²) < 4.78 is 5.06. The number of ether oxygens (including phenoxy) is 1. The number of nitrogens with zero attached hydrogens (tertiary/aromatic N) is 3. The summed E-state index contributed by atoms with van der Waals surface area (Å²) in [7, 11) is 3.81. The van der Waals surface area contributed by atoms with E-state index in [4.69, 9.17) is 4.74 Å². The number of hydrogen-bond acceptors (Lipinski definition) is 6. The van der Waals surface area contributed by atoms with Crippen molar-refractivity contribution in [3.05, 3.63) is 16.1 Å². The molecule has 0 atom stereocenters. The fourth-order valence-electron chi connectivity index (χ4n) is 2.22. The summed E-state index contributed by atoms with van der Waals surface area (Å²) in [5.41, 5.74) is 2.45. The molecule has 156 valence electrons. The van der Waals surface area contributed by atoms with Gasteiger partial charge in [-0.2, -0.15) is 0 Å². The number of rotatable bonds is 12. The number of thiazole rings is 1. The second kappa shape index (κ2) is 16.0. The van der Waals surface area contributed by atoms with Crippen LogP contribution in [0.1, 0.15) is 28.7 Å². The maximum atomic E-state index is 12.0. The third-order valence-corrected chi connectivity index (χ3v) is 4.57. The van der Waals surface area contributed by atoms with Crippen LogP contribution in [-0.2, 0) is 4.74 Å². The van der Waals surface area contributed by atoms with Gasteiger partial charge in [-0.3, -0.25) is 9.79 Å². The third kappa shape index (κ3) is 11.5. The number of methoxy groups -OCH3 is 1. The van der Waals surface area contributed by atoms with Gasteiger partial charge in [0.25, 0.3) is 5.91 Å². The Morgan fingerprint density at radius 3 is 2.67 bits per heavy atom. The Hall–Kier alpha value is -0.980. The highest BCUT2D eigenvalue weighted by Crippen LogP contribution is 2.10. The van der Waals surface area contributed by atoms with Gasteiger partial charge in [0.2, 0.25) is 0 Å². The van der Waals surface area contributed by atoms with Crippen LogP contribution in [0.2, 0.25) is 0 Å². The molecule has 0 aromatic carbocycles. The van der Waals surface area contributed by atoms with Gasteiger partial charge >= 0.3 is 0 Å². The van der Waals surface area contributed by atoms with E-state index in [0.29, 0.717) is 24.5 Å². The molecule has 0 bridgehead atoms. The van der Waals surface area contributed by atoms with Crippen molar-refractivity contribution in [3.8, 4) is 0 Å². The predicted molar refractivity (Wildman–Crippen MR) is 123 cm³/mol. The third-order valence-electron chi connectivity index (χ3n) is 3.64. The predicted octanol–water partition coefficient (Wildman–Crippen LogP) is 1.32. The van der Waals surface area contributed by atoms with Gasteiger partial charge in [-0.15, -0.1) is 35.3 Å². The summed E-state index contributed by atoms with van der Waals surface area (Å²) in [5, 5.41) is 9.34. The number of amides is 1. The highest BCUT2D eigenvalue weighted by molar-refractivity contribution is 14.0. The number of halogens is 1. The Morgan fingerprint density at radius 1 is 1.30 bits per heavy atom. The summed E-state index contributed by atoms with van der Waals surface area (Å²) in [6.07, 6.45) is 1.02. The SMILES string of the molecule is CCNC(=NCCN(C)CCCOC)NCCNC(=O)c1scnc1C.I. The van der Waals surface area contributed by atoms with Crippen molar-refractivity contribution in [2.75, 3.05) is 60.0 Å². The summed E-state index contributed by atoms with van der Waals surface area (Å²) in [6.45, 7) is 9.18. The average molecular weight is 512 g/mol. The van der Waals surface area contributed by atoms with Crippen molar-refractivity contribution >= 4 is 47.2 Å². The number of aryl methyl sites for hydroxylation is 1. The topological polar surface area (TPSA) is 90.9 Å². The Bertz CT molecular complexity index is 555. The lowest BCUT2D eigenvalue weighted by Crippen LogP contribution is -2.42. The minimum absolute atomic E-state index is 0. The minimum atomic E-state index is -0.0774. The Balaban J connectivity index is 0.00000676. The van der Waals surface area contributed by atoms with Crippen LogP contribution < -0.4 is 16.0 Å². The van der Waals surface area contributed by atoms with Crippen LogP contribution in [0.25, 0.3) is 0 Å². The molecule has 0 aliphatic heterocycles. The molecule has 0 aliphatic carbocycles. The Morgan fingerprint density at radius 2 is 2.04 bits per heavy atom. The van der Waals surface area contributed by atoms with Gasteiger partial charge in [-0.05, 0) is 27.3 Å². The van der Waals surface area contributed by atoms with Crippen LogP contribution in [0.15, 0.2) is 10.5 Å². The van der Waals surface area contributed by atoms with E-state index in [-0.39, 0.29) is 29.9 Å². The first kappa shape index (κ1) is 26.0.